The largest absolute Gasteiger partial charge is 0.433 e. The Balaban J connectivity index is 1.63. The maximum Gasteiger partial charge on any atom is 0.433 e. The molecule has 2 N–H and O–H groups in total. The summed E-state index contributed by atoms with van der Waals surface area (Å²) in [4.78, 5) is 12.5. The minimum atomic E-state index is -4.54. The zero-order chi connectivity index (χ0) is 22.2. The number of nitrogens with zero attached hydrogens (tertiary/aromatic N) is 3. The van der Waals surface area contributed by atoms with Gasteiger partial charge in [-0.05, 0) is 49.4 Å². The van der Waals surface area contributed by atoms with Crippen molar-refractivity contribution in [2.75, 3.05) is 5.32 Å². The van der Waals surface area contributed by atoms with Crippen LogP contribution in [-0.2, 0) is 6.18 Å². The van der Waals surface area contributed by atoms with Crippen LogP contribution in [0.5, 0.6) is 0 Å². The molecule has 0 saturated carbocycles. The standard InChI is InChI=1S/C22H15ClF3N5/c1-12-14(7-9-20(29-12)22(24,25)26)21(27)30-13-6-8-16(23)15(10-13)19-11-28-17-4-2-3-5-18(17)31-19/h2-11H,1H3,(H2,27,30). The normalized spacial score (nSPS) is 11.5. The number of aromatic nitrogens is 3. The van der Waals surface area contributed by atoms with Crippen LogP contribution in [0.3, 0.4) is 0 Å². The van der Waals surface area contributed by atoms with Crippen molar-refractivity contribution in [2.45, 2.75) is 13.1 Å². The molecule has 156 valence electrons. The number of fused-ring (bicyclic) bond motifs is 1. The van der Waals surface area contributed by atoms with Crippen LogP contribution in [0.2, 0.25) is 5.02 Å². The number of hydrogen-bond donors (Lipinski definition) is 2. The minimum Gasteiger partial charge on any atom is -0.340 e. The molecule has 5 nitrogen and oxygen atoms in total. The molecule has 0 aliphatic rings. The fourth-order valence-corrected chi connectivity index (χ4v) is 3.30. The number of hydrogen-bond acceptors (Lipinski definition) is 4. The SMILES string of the molecule is Cc1nc(C(F)(F)F)ccc1C(=N)Nc1ccc(Cl)c(-c2cnc3ccccc3n2)c1. The second kappa shape index (κ2) is 7.96. The molecule has 2 aromatic carbocycles. The van der Waals surface area contributed by atoms with Gasteiger partial charge in [0.05, 0.1) is 27.9 Å². The highest BCUT2D eigenvalue weighted by Crippen LogP contribution is 2.31. The highest BCUT2D eigenvalue weighted by Gasteiger charge is 2.32. The highest BCUT2D eigenvalue weighted by molar-refractivity contribution is 6.33. The number of halogens is 4. The fraction of sp³-hybridized carbons (Fsp3) is 0.0909. The Kier molecular flexibility index (Phi) is 5.32. The maximum absolute atomic E-state index is 12.8. The van der Waals surface area contributed by atoms with Crippen LogP contribution in [0.1, 0.15) is 17.0 Å². The first-order chi connectivity index (χ1) is 14.7. The molecular formula is C22H15ClF3N5. The lowest BCUT2D eigenvalue weighted by atomic mass is 10.1. The van der Waals surface area contributed by atoms with E-state index in [2.05, 4.69) is 20.3 Å². The van der Waals surface area contributed by atoms with E-state index < -0.39 is 11.9 Å². The van der Waals surface area contributed by atoms with E-state index in [1.54, 1.807) is 24.4 Å². The molecule has 0 aliphatic carbocycles. The number of anilines is 1. The average Bonchev–Trinajstić information content (AvgIpc) is 2.74. The molecule has 2 aromatic heterocycles. The second-order valence-corrected chi connectivity index (χ2v) is 7.17. The van der Waals surface area contributed by atoms with Crippen molar-refractivity contribution < 1.29 is 13.2 Å². The number of pyridine rings is 1. The first kappa shape index (κ1) is 20.7. The van der Waals surface area contributed by atoms with E-state index >= 15 is 0 Å². The maximum atomic E-state index is 12.8. The van der Waals surface area contributed by atoms with Crippen molar-refractivity contribution in [1.29, 1.82) is 5.41 Å². The zero-order valence-corrected chi connectivity index (χ0v) is 16.9. The number of nitrogens with one attached hydrogen (secondary N) is 2. The summed E-state index contributed by atoms with van der Waals surface area (Å²) in [6.45, 7) is 1.43. The van der Waals surface area contributed by atoms with Crippen molar-refractivity contribution in [3.05, 3.63) is 82.8 Å². The van der Waals surface area contributed by atoms with Gasteiger partial charge >= 0.3 is 6.18 Å². The van der Waals surface area contributed by atoms with Crippen LogP contribution in [0.25, 0.3) is 22.3 Å². The molecule has 31 heavy (non-hydrogen) atoms. The molecule has 4 aromatic rings. The van der Waals surface area contributed by atoms with E-state index in [1.165, 1.54) is 13.0 Å². The van der Waals surface area contributed by atoms with Gasteiger partial charge in [0.15, 0.2) is 0 Å². The Morgan fingerprint density at radius 2 is 1.74 bits per heavy atom. The summed E-state index contributed by atoms with van der Waals surface area (Å²) in [5.74, 6) is -0.0865. The molecule has 0 bridgehead atoms. The van der Waals surface area contributed by atoms with Crippen molar-refractivity contribution in [1.82, 2.24) is 15.0 Å². The van der Waals surface area contributed by atoms with E-state index in [9.17, 15) is 13.2 Å². The zero-order valence-electron chi connectivity index (χ0n) is 16.1. The molecular weight excluding hydrogens is 427 g/mol. The predicted octanol–water partition coefficient (Wildman–Crippen LogP) is 6.11. The van der Waals surface area contributed by atoms with E-state index in [-0.39, 0.29) is 17.1 Å². The summed E-state index contributed by atoms with van der Waals surface area (Å²) >= 11 is 6.36. The van der Waals surface area contributed by atoms with Gasteiger partial charge in [-0.1, -0.05) is 23.7 Å². The molecule has 4 rings (SSSR count). The molecule has 2 heterocycles. The molecule has 0 saturated heterocycles. The van der Waals surface area contributed by atoms with E-state index in [0.29, 0.717) is 27.5 Å². The lowest BCUT2D eigenvalue weighted by Gasteiger charge is -2.14. The van der Waals surface area contributed by atoms with Gasteiger partial charge in [-0.3, -0.25) is 10.4 Å². The Hall–Kier alpha value is -3.52. The van der Waals surface area contributed by atoms with Gasteiger partial charge in [0.1, 0.15) is 11.5 Å². The van der Waals surface area contributed by atoms with Crippen LogP contribution in [-0.4, -0.2) is 20.8 Å². The van der Waals surface area contributed by atoms with E-state index in [1.807, 2.05) is 24.3 Å². The quantitative estimate of drug-likeness (QED) is 0.297. The smallest absolute Gasteiger partial charge is 0.340 e. The number of alkyl halides is 3. The lowest BCUT2D eigenvalue weighted by molar-refractivity contribution is -0.141. The van der Waals surface area contributed by atoms with Gasteiger partial charge in [-0.15, -0.1) is 0 Å². The van der Waals surface area contributed by atoms with E-state index in [4.69, 9.17) is 17.0 Å². The van der Waals surface area contributed by atoms with Crippen molar-refractivity contribution in [2.24, 2.45) is 0 Å². The molecule has 0 spiro atoms. The number of benzene rings is 2. The average molecular weight is 442 g/mol. The van der Waals surface area contributed by atoms with E-state index in [0.717, 1.165) is 11.6 Å². The van der Waals surface area contributed by atoms with Crippen molar-refractivity contribution >= 4 is 34.2 Å². The molecule has 0 radical (unpaired) electrons. The summed E-state index contributed by atoms with van der Waals surface area (Å²) in [5.41, 5.74) is 2.53. The van der Waals surface area contributed by atoms with Crippen LogP contribution >= 0.6 is 11.6 Å². The number of amidine groups is 1. The van der Waals surface area contributed by atoms with Gasteiger partial charge in [0.25, 0.3) is 0 Å². The lowest BCUT2D eigenvalue weighted by Crippen LogP contribution is -2.16. The molecule has 0 unspecified atom stereocenters. The van der Waals surface area contributed by atoms with Crippen LogP contribution in [0.4, 0.5) is 18.9 Å². The monoisotopic (exact) mass is 441 g/mol. The van der Waals surface area contributed by atoms with Gasteiger partial charge in [-0.25, -0.2) is 9.97 Å². The Labute approximate surface area is 180 Å². The Morgan fingerprint density at radius 3 is 2.45 bits per heavy atom. The summed E-state index contributed by atoms with van der Waals surface area (Å²) in [7, 11) is 0. The number of rotatable bonds is 3. The Morgan fingerprint density at radius 1 is 1.00 bits per heavy atom. The Bertz CT molecular complexity index is 1300. The first-order valence-corrected chi connectivity index (χ1v) is 9.52. The topological polar surface area (TPSA) is 74.6 Å². The van der Waals surface area contributed by atoms with Gasteiger partial charge in [-0.2, -0.15) is 13.2 Å². The first-order valence-electron chi connectivity index (χ1n) is 9.15. The molecule has 0 aliphatic heterocycles. The summed E-state index contributed by atoms with van der Waals surface area (Å²) in [6, 6.07) is 14.6. The molecule has 0 atom stereocenters. The fourth-order valence-electron chi connectivity index (χ4n) is 3.08. The number of para-hydroxylation sites is 2. The summed E-state index contributed by atoms with van der Waals surface area (Å²) in [5, 5.41) is 11.6. The summed E-state index contributed by atoms with van der Waals surface area (Å²) in [6.07, 6.45) is -2.92. The van der Waals surface area contributed by atoms with Gasteiger partial charge < -0.3 is 5.32 Å². The summed E-state index contributed by atoms with van der Waals surface area (Å²) < 4.78 is 38.5. The van der Waals surface area contributed by atoms with Crippen molar-refractivity contribution in [3.63, 3.8) is 0 Å². The van der Waals surface area contributed by atoms with Gasteiger partial charge in [0, 0.05) is 22.5 Å². The molecule has 9 heteroatoms. The molecule has 0 amide bonds. The van der Waals surface area contributed by atoms with Gasteiger partial charge in [0.2, 0.25) is 0 Å². The third-order valence-electron chi connectivity index (χ3n) is 4.61. The highest BCUT2D eigenvalue weighted by atomic mass is 35.5. The molecule has 0 fully saturated rings. The minimum absolute atomic E-state index is 0.0865. The predicted molar refractivity (Wildman–Crippen MR) is 114 cm³/mol. The third kappa shape index (κ3) is 4.34. The second-order valence-electron chi connectivity index (χ2n) is 6.77. The number of aryl methyl sites for hydroxylation is 1. The van der Waals surface area contributed by atoms with Crippen LogP contribution < -0.4 is 5.32 Å². The van der Waals surface area contributed by atoms with Crippen LogP contribution in [0.15, 0.2) is 60.8 Å². The van der Waals surface area contributed by atoms with Crippen LogP contribution in [0, 0.1) is 12.3 Å². The van der Waals surface area contributed by atoms with Crippen molar-refractivity contribution in [3.8, 4) is 11.3 Å². The third-order valence-corrected chi connectivity index (χ3v) is 4.94.